The van der Waals surface area contributed by atoms with E-state index in [1.54, 1.807) is 18.7 Å². The Morgan fingerprint density at radius 2 is 0.935 bits per heavy atom. The highest BCUT2D eigenvalue weighted by molar-refractivity contribution is 7.73. The molecule has 0 spiro atoms. The van der Waals surface area contributed by atoms with Gasteiger partial charge in [0, 0.05) is 6.42 Å². The molecule has 0 amide bonds. The van der Waals surface area contributed by atoms with E-state index in [9.17, 15) is 8.78 Å². The van der Waals surface area contributed by atoms with Crippen molar-refractivity contribution in [3.05, 3.63) is 139 Å². The smallest absolute Gasteiger partial charge is 0.200 e. The molecule has 0 bridgehead atoms. The molecule has 0 saturated heterocycles. The Balaban J connectivity index is 0.00000137. The summed E-state index contributed by atoms with van der Waals surface area (Å²) in [6.07, 6.45) is 0.688. The maximum atomic E-state index is 16.5. The molecular formula is C49H55BF10NP. The van der Waals surface area contributed by atoms with Crippen molar-refractivity contribution in [2.75, 3.05) is 20.3 Å². The third kappa shape index (κ3) is 8.46. The van der Waals surface area contributed by atoms with E-state index in [-0.39, 0.29) is 23.6 Å². The van der Waals surface area contributed by atoms with Crippen LogP contribution in [0.25, 0.3) is 0 Å². The number of hydrogen-bond acceptors (Lipinski definition) is 0. The zero-order valence-corrected chi connectivity index (χ0v) is 38.5. The van der Waals surface area contributed by atoms with Crippen molar-refractivity contribution in [3.63, 3.8) is 0 Å². The zero-order valence-electron chi connectivity index (χ0n) is 37.6. The number of hydrogen-bond donors (Lipinski definition) is 0. The third-order valence-corrected chi connectivity index (χ3v) is 15.8. The molecule has 13 heteroatoms. The monoisotopic (exact) mass is 889 g/mol. The van der Waals surface area contributed by atoms with Crippen LogP contribution in [0.1, 0.15) is 93.2 Å². The van der Waals surface area contributed by atoms with Crippen molar-refractivity contribution >= 4 is 41.3 Å². The lowest BCUT2D eigenvalue weighted by Gasteiger charge is -2.48. The molecular weight excluding hydrogens is 834 g/mol. The summed E-state index contributed by atoms with van der Waals surface area (Å²) >= 11 is 0. The molecule has 62 heavy (non-hydrogen) atoms. The minimum atomic E-state index is -4.19. The van der Waals surface area contributed by atoms with Crippen LogP contribution in [0.4, 0.5) is 43.9 Å². The Hall–Kier alpha value is -4.18. The largest absolute Gasteiger partial charge is 0.239 e. The van der Waals surface area contributed by atoms with Crippen molar-refractivity contribution in [3.8, 4) is 0 Å². The molecule has 1 nitrogen and oxygen atoms in total. The zero-order chi connectivity index (χ0) is 46.5. The van der Waals surface area contributed by atoms with Crippen LogP contribution < -0.4 is 21.5 Å². The van der Waals surface area contributed by atoms with Crippen LogP contribution in [0.2, 0.25) is 6.32 Å². The lowest BCUT2D eigenvalue weighted by atomic mass is 9.11. The number of benzene rings is 4. The highest BCUT2D eigenvalue weighted by Gasteiger charge is 2.51. The van der Waals surface area contributed by atoms with Gasteiger partial charge in [-0.2, -0.15) is 0 Å². The number of halogens is 10. The van der Waals surface area contributed by atoms with E-state index >= 15 is 35.1 Å². The van der Waals surface area contributed by atoms with Gasteiger partial charge in [-0.15, -0.1) is 17.2 Å². The molecule has 0 atom stereocenters. The van der Waals surface area contributed by atoms with Crippen LogP contribution in [0.15, 0.2) is 47.0 Å². The van der Waals surface area contributed by atoms with Gasteiger partial charge in [0.25, 0.3) is 0 Å². The van der Waals surface area contributed by atoms with Gasteiger partial charge in [0.1, 0.15) is 37.4 Å². The summed E-state index contributed by atoms with van der Waals surface area (Å²) in [6, 6.07) is 8.02. The second kappa shape index (κ2) is 18.5. The summed E-state index contributed by atoms with van der Waals surface area (Å²) < 4.78 is 159. The van der Waals surface area contributed by atoms with Crippen LogP contribution in [-0.2, 0) is 0 Å². The van der Waals surface area contributed by atoms with Gasteiger partial charge in [0.15, 0.2) is 40.6 Å². The first-order valence-electron chi connectivity index (χ1n) is 21.0. The van der Waals surface area contributed by atoms with Crippen molar-refractivity contribution in [2.45, 2.75) is 108 Å². The molecule has 1 heterocycles. The third-order valence-electron chi connectivity index (χ3n) is 12.6. The van der Waals surface area contributed by atoms with E-state index in [1.165, 1.54) is 25.3 Å². The van der Waals surface area contributed by atoms with Gasteiger partial charge < -0.3 is 0 Å². The summed E-state index contributed by atoms with van der Waals surface area (Å²) in [5.41, 5.74) is 2.88. The number of aryl methyl sites for hydroxylation is 6. The van der Waals surface area contributed by atoms with Crippen LogP contribution in [0.5, 0.6) is 0 Å². The van der Waals surface area contributed by atoms with Gasteiger partial charge in [-0.1, -0.05) is 94.8 Å². The van der Waals surface area contributed by atoms with Gasteiger partial charge in [-0.25, -0.2) is 54.0 Å². The molecule has 2 aliphatic rings. The van der Waals surface area contributed by atoms with Crippen LogP contribution in [-0.4, -0.2) is 36.7 Å². The van der Waals surface area contributed by atoms with E-state index in [0.717, 1.165) is 44.0 Å². The van der Waals surface area contributed by atoms with Crippen molar-refractivity contribution < 1.29 is 48.5 Å². The summed E-state index contributed by atoms with van der Waals surface area (Å²) in [5.74, 6) is -24.3. The Morgan fingerprint density at radius 1 is 0.581 bits per heavy atom. The second-order valence-electron chi connectivity index (χ2n) is 18.0. The SMILES string of the molecule is CCCCC.Cc1cc(C)c(P(CCC2=CC3=C(C[B-]2(c2c(F)c(F)c(F)c(F)c2F)c2c(F)c(F)c(F)c(F)c2F)C(=[N+](C)C)CC3(C)C)c2c(C)cc(C)cc2C)c(C)c1. The maximum Gasteiger partial charge on any atom is 0.200 e. The molecule has 0 fully saturated rings. The molecule has 1 aliphatic carbocycles. The first kappa shape index (κ1) is 48.9. The first-order valence-corrected chi connectivity index (χ1v) is 22.5. The molecule has 4 aromatic rings. The highest BCUT2D eigenvalue weighted by Crippen LogP contribution is 2.51. The van der Waals surface area contributed by atoms with Gasteiger partial charge in [0.05, 0.1) is 6.15 Å². The predicted octanol–water partition coefficient (Wildman–Crippen LogP) is 12.1. The second-order valence-corrected chi connectivity index (χ2v) is 20.2. The average Bonchev–Trinajstić information content (AvgIpc) is 3.45. The summed E-state index contributed by atoms with van der Waals surface area (Å²) in [6.45, 7) is 19.8. The molecule has 1 aliphatic heterocycles. The van der Waals surface area contributed by atoms with Gasteiger partial charge in [0.2, 0.25) is 0 Å². The van der Waals surface area contributed by atoms with E-state index in [0.29, 0.717) is 17.7 Å². The number of nitrogens with zero attached hydrogens (tertiary/aromatic N) is 1. The topological polar surface area (TPSA) is 3.01 Å². The lowest BCUT2D eigenvalue weighted by Crippen LogP contribution is -2.66. The van der Waals surface area contributed by atoms with Crippen LogP contribution in [0, 0.1) is 105 Å². The van der Waals surface area contributed by atoms with E-state index in [2.05, 4.69) is 13.8 Å². The molecule has 0 N–H and O–H groups in total. The van der Waals surface area contributed by atoms with E-state index < -0.39 is 94.9 Å². The summed E-state index contributed by atoms with van der Waals surface area (Å²) in [4.78, 5) is 0. The fraction of sp³-hybridized carbons (Fsp3) is 0.408. The van der Waals surface area contributed by atoms with Crippen molar-refractivity contribution in [1.29, 1.82) is 0 Å². The standard InChI is InChI=1S/C44H43BF10NP.C5H12/c1-20-13-22(3)42(23(4)14-20)57(43-24(5)15-21(2)16-25(43)6)12-11-26-17-28-27(29(56(9)10)18-44(28,7)8)19-45(26,30-32(46)36(50)40(54)37(51)33(30)47)31-34(48)38(52)41(55)39(53)35(31)49;1-3-5-4-2/h13-17H,11-12,18-19H2,1-10H3;3-5H2,1-2H3. The lowest BCUT2D eigenvalue weighted by molar-refractivity contribution is -0.465. The Morgan fingerprint density at radius 3 is 1.26 bits per heavy atom. The highest BCUT2D eigenvalue weighted by atomic mass is 31.1. The molecule has 6 rings (SSSR count). The fourth-order valence-corrected chi connectivity index (χ4v) is 13.3. The number of rotatable bonds is 9. The molecule has 4 aromatic carbocycles. The minimum absolute atomic E-state index is 0.123. The van der Waals surface area contributed by atoms with Crippen LogP contribution >= 0.6 is 7.92 Å². The molecule has 334 valence electrons. The van der Waals surface area contributed by atoms with E-state index in [1.807, 2.05) is 79.7 Å². The minimum Gasteiger partial charge on any atom is -0.239 e. The fourth-order valence-electron chi connectivity index (χ4n) is 10.2. The van der Waals surface area contributed by atoms with Crippen molar-refractivity contribution in [1.82, 2.24) is 0 Å². The Kier molecular flexibility index (Phi) is 14.6. The number of allylic oxidation sites excluding steroid dienone is 4. The number of unbranched alkanes of at least 4 members (excludes halogenated alkanes) is 2. The average molecular weight is 890 g/mol. The Bertz CT molecular complexity index is 2320. The normalized spacial score (nSPS) is 15.5. The molecule has 0 aromatic heterocycles. The molecule has 0 radical (unpaired) electrons. The van der Waals surface area contributed by atoms with Gasteiger partial charge >= 0.3 is 0 Å². The van der Waals surface area contributed by atoms with Gasteiger partial charge in [-0.3, -0.25) is 0 Å². The summed E-state index contributed by atoms with van der Waals surface area (Å²) in [7, 11) is 1.86. The molecule has 0 saturated carbocycles. The quantitative estimate of drug-likeness (QED) is 0.0393. The maximum absolute atomic E-state index is 16.5. The van der Waals surface area contributed by atoms with Crippen LogP contribution in [0.3, 0.4) is 0 Å². The van der Waals surface area contributed by atoms with Crippen molar-refractivity contribution in [2.24, 2.45) is 5.41 Å². The Labute approximate surface area is 360 Å². The molecule has 0 unspecified atom stereocenters. The first-order chi connectivity index (χ1) is 28.9. The summed E-state index contributed by atoms with van der Waals surface area (Å²) in [5, 5.41) is 1.91. The van der Waals surface area contributed by atoms with E-state index in [4.69, 9.17) is 0 Å². The predicted molar refractivity (Wildman–Crippen MR) is 235 cm³/mol. The van der Waals surface area contributed by atoms with Gasteiger partial charge in [-0.05, 0) is 105 Å².